The minimum Gasteiger partial charge on any atom is -0.452 e. The number of carbonyl (C=O) groups is 3. The Morgan fingerprint density at radius 3 is 2.64 bits per heavy atom. The first kappa shape index (κ1) is 19.9. The molecule has 1 aliphatic heterocycles. The van der Waals surface area contributed by atoms with E-state index in [1.54, 1.807) is 47.0 Å². The maximum Gasteiger partial charge on any atom is 0.338 e. The van der Waals surface area contributed by atoms with Gasteiger partial charge in [-0.05, 0) is 61.6 Å². The third-order valence-corrected chi connectivity index (χ3v) is 5.15. The molecule has 2 aromatic rings. The number of amides is 2. The van der Waals surface area contributed by atoms with E-state index in [4.69, 9.17) is 4.74 Å². The van der Waals surface area contributed by atoms with Gasteiger partial charge in [-0.2, -0.15) is 0 Å². The van der Waals surface area contributed by atoms with Crippen LogP contribution in [0.4, 0.5) is 11.4 Å². The van der Waals surface area contributed by atoms with E-state index < -0.39 is 11.9 Å². The first-order valence-electron chi connectivity index (χ1n) is 9.08. The number of nitrogens with one attached hydrogen (secondary N) is 1. The van der Waals surface area contributed by atoms with Crippen LogP contribution in [0.25, 0.3) is 0 Å². The Balaban J connectivity index is 1.52. The molecule has 0 unspecified atom stereocenters. The third kappa shape index (κ3) is 5.13. The molecule has 0 aliphatic carbocycles. The second-order valence-electron chi connectivity index (χ2n) is 6.41. The molecular formula is C21H22N2O4S. The number of thioether (sulfide) groups is 1. The van der Waals surface area contributed by atoms with Crippen LogP contribution in [-0.4, -0.2) is 37.2 Å². The average molecular weight is 398 g/mol. The summed E-state index contributed by atoms with van der Waals surface area (Å²) in [7, 11) is 0. The SMILES string of the molecule is CSc1cccc(NC(=O)COC(=O)c2ccc(N3CCCCC3=O)cc2)c1. The van der Waals surface area contributed by atoms with Crippen LogP contribution in [-0.2, 0) is 14.3 Å². The van der Waals surface area contributed by atoms with Gasteiger partial charge in [-0.25, -0.2) is 4.79 Å². The molecule has 1 saturated heterocycles. The minimum atomic E-state index is -0.579. The summed E-state index contributed by atoms with van der Waals surface area (Å²) < 4.78 is 5.09. The predicted molar refractivity (Wildman–Crippen MR) is 110 cm³/mol. The van der Waals surface area contributed by atoms with Crippen LogP contribution in [0.1, 0.15) is 29.6 Å². The molecule has 1 N–H and O–H groups in total. The third-order valence-electron chi connectivity index (χ3n) is 4.43. The molecule has 146 valence electrons. The van der Waals surface area contributed by atoms with Gasteiger partial charge in [0.2, 0.25) is 5.91 Å². The van der Waals surface area contributed by atoms with Gasteiger partial charge in [0.1, 0.15) is 0 Å². The van der Waals surface area contributed by atoms with Crippen LogP contribution in [0, 0.1) is 0 Å². The normalized spacial score (nSPS) is 13.9. The van der Waals surface area contributed by atoms with Crippen LogP contribution in [0.15, 0.2) is 53.4 Å². The van der Waals surface area contributed by atoms with Crippen molar-refractivity contribution in [1.82, 2.24) is 0 Å². The molecular weight excluding hydrogens is 376 g/mol. The van der Waals surface area contributed by atoms with Gasteiger partial charge in [0.05, 0.1) is 5.56 Å². The van der Waals surface area contributed by atoms with Crippen molar-refractivity contribution < 1.29 is 19.1 Å². The highest BCUT2D eigenvalue weighted by Gasteiger charge is 2.20. The number of rotatable bonds is 6. The number of hydrogen-bond acceptors (Lipinski definition) is 5. The number of piperidine rings is 1. The largest absolute Gasteiger partial charge is 0.452 e. The van der Waals surface area contributed by atoms with Gasteiger partial charge in [-0.3, -0.25) is 9.59 Å². The molecule has 1 aliphatic rings. The highest BCUT2D eigenvalue weighted by atomic mass is 32.2. The number of ether oxygens (including phenoxy) is 1. The summed E-state index contributed by atoms with van der Waals surface area (Å²) in [6.45, 7) is 0.329. The van der Waals surface area contributed by atoms with Crippen LogP contribution in [0.2, 0.25) is 0 Å². The molecule has 7 heteroatoms. The number of nitrogens with zero attached hydrogens (tertiary/aromatic N) is 1. The molecule has 2 amide bonds. The Labute approximate surface area is 168 Å². The summed E-state index contributed by atoms with van der Waals surface area (Å²) in [4.78, 5) is 38.9. The van der Waals surface area contributed by atoms with E-state index in [0.29, 0.717) is 24.2 Å². The van der Waals surface area contributed by atoms with Crippen molar-refractivity contribution in [3.63, 3.8) is 0 Å². The van der Waals surface area contributed by atoms with Crippen molar-refractivity contribution >= 4 is 40.9 Å². The summed E-state index contributed by atoms with van der Waals surface area (Å²) >= 11 is 1.58. The van der Waals surface area contributed by atoms with Crippen molar-refractivity contribution in [2.45, 2.75) is 24.2 Å². The van der Waals surface area contributed by atoms with Crippen LogP contribution in [0.5, 0.6) is 0 Å². The van der Waals surface area contributed by atoms with Gasteiger partial charge in [-0.15, -0.1) is 11.8 Å². The molecule has 0 spiro atoms. The van der Waals surface area contributed by atoms with E-state index in [0.717, 1.165) is 23.4 Å². The summed E-state index contributed by atoms with van der Waals surface area (Å²) in [6.07, 6.45) is 4.40. The van der Waals surface area contributed by atoms with Crippen molar-refractivity contribution in [3.05, 3.63) is 54.1 Å². The zero-order valence-electron chi connectivity index (χ0n) is 15.6. The minimum absolute atomic E-state index is 0.101. The van der Waals surface area contributed by atoms with Gasteiger partial charge in [0.15, 0.2) is 6.61 Å². The Bertz CT molecular complexity index is 867. The maximum absolute atomic E-state index is 12.2. The first-order valence-corrected chi connectivity index (χ1v) is 10.3. The van der Waals surface area contributed by atoms with Crippen molar-refractivity contribution in [3.8, 4) is 0 Å². The Hall–Kier alpha value is -2.80. The number of hydrogen-bond donors (Lipinski definition) is 1. The quantitative estimate of drug-likeness (QED) is 0.593. The number of esters is 1. The molecule has 0 aromatic heterocycles. The van der Waals surface area contributed by atoms with Crippen molar-refractivity contribution in [1.29, 1.82) is 0 Å². The summed E-state index contributed by atoms with van der Waals surface area (Å²) in [5, 5.41) is 2.71. The lowest BCUT2D eigenvalue weighted by molar-refractivity contribution is -0.120. The standard InChI is InChI=1S/C21H22N2O4S/c1-28-18-6-4-5-16(13-18)22-19(24)14-27-21(26)15-8-10-17(11-9-15)23-12-3-2-7-20(23)25/h4-6,8-11,13H,2-3,7,12,14H2,1H3,(H,22,24). The van der Waals surface area contributed by atoms with Gasteiger partial charge in [0, 0.05) is 29.2 Å². The number of benzene rings is 2. The molecule has 3 rings (SSSR count). The van der Waals surface area contributed by atoms with Crippen molar-refractivity contribution in [2.24, 2.45) is 0 Å². The Kier molecular flexibility index (Phi) is 6.71. The van der Waals surface area contributed by atoms with E-state index in [1.807, 2.05) is 24.5 Å². The average Bonchev–Trinajstić information content (AvgIpc) is 2.72. The number of carbonyl (C=O) groups excluding carboxylic acids is 3. The van der Waals surface area contributed by atoms with E-state index >= 15 is 0 Å². The fraction of sp³-hybridized carbons (Fsp3) is 0.286. The zero-order chi connectivity index (χ0) is 19.9. The monoisotopic (exact) mass is 398 g/mol. The summed E-state index contributed by atoms with van der Waals surface area (Å²) in [5.74, 6) is -0.879. The second kappa shape index (κ2) is 9.41. The van der Waals surface area contributed by atoms with Crippen molar-refractivity contribution in [2.75, 3.05) is 29.6 Å². The lowest BCUT2D eigenvalue weighted by atomic mass is 10.1. The fourth-order valence-corrected chi connectivity index (χ4v) is 3.43. The van der Waals surface area contributed by atoms with E-state index in [-0.39, 0.29) is 12.5 Å². The van der Waals surface area contributed by atoms with Gasteiger partial charge in [-0.1, -0.05) is 6.07 Å². The molecule has 0 bridgehead atoms. The molecule has 1 heterocycles. The topological polar surface area (TPSA) is 75.7 Å². The lowest BCUT2D eigenvalue weighted by Gasteiger charge is -2.26. The van der Waals surface area contributed by atoms with Crippen LogP contribution in [0.3, 0.4) is 0 Å². The fourth-order valence-electron chi connectivity index (χ4n) is 2.97. The van der Waals surface area contributed by atoms with E-state index in [9.17, 15) is 14.4 Å². The zero-order valence-corrected chi connectivity index (χ0v) is 16.5. The molecule has 0 saturated carbocycles. The molecule has 6 nitrogen and oxygen atoms in total. The summed E-state index contributed by atoms with van der Waals surface area (Å²) in [6, 6.07) is 14.1. The lowest BCUT2D eigenvalue weighted by Crippen LogP contribution is -2.35. The van der Waals surface area contributed by atoms with Crippen LogP contribution >= 0.6 is 11.8 Å². The Morgan fingerprint density at radius 1 is 1.14 bits per heavy atom. The Morgan fingerprint density at radius 2 is 1.93 bits per heavy atom. The molecule has 2 aromatic carbocycles. The maximum atomic E-state index is 12.2. The molecule has 0 radical (unpaired) electrons. The predicted octanol–water partition coefficient (Wildman–Crippen LogP) is 3.72. The van der Waals surface area contributed by atoms with Gasteiger partial charge >= 0.3 is 5.97 Å². The highest BCUT2D eigenvalue weighted by molar-refractivity contribution is 7.98. The smallest absolute Gasteiger partial charge is 0.338 e. The van der Waals surface area contributed by atoms with E-state index in [1.165, 1.54) is 0 Å². The molecule has 0 atom stereocenters. The van der Waals surface area contributed by atoms with Crippen LogP contribution < -0.4 is 10.2 Å². The van der Waals surface area contributed by atoms with Gasteiger partial charge in [0.25, 0.3) is 5.91 Å². The van der Waals surface area contributed by atoms with Gasteiger partial charge < -0.3 is 15.0 Å². The second-order valence-corrected chi connectivity index (χ2v) is 7.29. The molecule has 28 heavy (non-hydrogen) atoms. The number of anilines is 2. The molecule has 1 fully saturated rings. The van der Waals surface area contributed by atoms with E-state index in [2.05, 4.69) is 5.32 Å². The first-order chi connectivity index (χ1) is 13.6. The summed E-state index contributed by atoms with van der Waals surface area (Å²) in [5.41, 5.74) is 1.77. The highest BCUT2D eigenvalue weighted by Crippen LogP contribution is 2.22.